The van der Waals surface area contributed by atoms with Crippen LogP contribution in [0.1, 0.15) is 40.3 Å². The monoisotopic (exact) mass is 300 g/mol. The molecule has 2 aromatic rings. The molecule has 0 fully saturated rings. The number of amides is 1. The molecule has 1 heterocycles. The molecule has 4 heteroatoms. The Hall–Kier alpha value is -1.81. The smallest absolute Gasteiger partial charge is 0.227 e. The van der Waals surface area contributed by atoms with E-state index in [1.807, 2.05) is 25.1 Å². The second-order valence-corrected chi connectivity index (χ2v) is 6.59. The first kappa shape index (κ1) is 14.1. The molecule has 0 saturated carbocycles. The van der Waals surface area contributed by atoms with E-state index in [9.17, 15) is 4.79 Å². The summed E-state index contributed by atoms with van der Waals surface area (Å²) in [6.07, 6.45) is 3.17. The molecule has 1 amide bonds. The van der Waals surface area contributed by atoms with Gasteiger partial charge >= 0.3 is 0 Å². The number of rotatable bonds is 3. The van der Waals surface area contributed by atoms with E-state index in [2.05, 4.69) is 16.8 Å². The van der Waals surface area contributed by atoms with Gasteiger partial charge in [0, 0.05) is 17.1 Å². The van der Waals surface area contributed by atoms with Crippen molar-refractivity contribution in [2.45, 2.75) is 38.6 Å². The fourth-order valence-electron chi connectivity index (χ4n) is 2.96. The number of hydrogen-bond acceptors (Lipinski definition) is 3. The number of thiophene rings is 1. The molecule has 1 aliphatic rings. The van der Waals surface area contributed by atoms with E-state index >= 15 is 0 Å². The Labute approximate surface area is 129 Å². The van der Waals surface area contributed by atoms with Gasteiger partial charge in [0.05, 0.1) is 5.92 Å². The highest BCUT2D eigenvalue weighted by molar-refractivity contribution is 7.10. The fraction of sp³-hybridized carbons (Fsp3) is 0.353. The number of nitrogens with one attached hydrogen (secondary N) is 1. The topological polar surface area (TPSA) is 55.1 Å². The van der Waals surface area contributed by atoms with Crippen LogP contribution < -0.4 is 11.1 Å². The number of anilines is 1. The first-order valence-electron chi connectivity index (χ1n) is 7.34. The van der Waals surface area contributed by atoms with Crippen molar-refractivity contribution in [1.82, 2.24) is 5.32 Å². The molecular formula is C17H20N2OS. The third-order valence-electron chi connectivity index (χ3n) is 4.31. The first-order chi connectivity index (χ1) is 10.2. The van der Waals surface area contributed by atoms with Crippen LogP contribution in [-0.2, 0) is 17.8 Å². The maximum Gasteiger partial charge on any atom is 0.227 e. The predicted octanol–water partition coefficient (Wildman–Crippen LogP) is 3.38. The second kappa shape index (κ2) is 5.90. The normalized spacial score (nSPS) is 17.3. The van der Waals surface area contributed by atoms with Gasteiger partial charge in [-0.1, -0.05) is 12.1 Å². The minimum absolute atomic E-state index is 0.0152. The summed E-state index contributed by atoms with van der Waals surface area (Å²) in [5.74, 6) is 0.150. The van der Waals surface area contributed by atoms with Gasteiger partial charge in [0.2, 0.25) is 5.91 Å². The molecule has 1 aliphatic carbocycles. The summed E-state index contributed by atoms with van der Waals surface area (Å²) in [6, 6.07) is 7.94. The van der Waals surface area contributed by atoms with Crippen molar-refractivity contribution in [3.8, 4) is 0 Å². The number of fused-ring (bicyclic) bond motifs is 1. The lowest BCUT2D eigenvalue weighted by atomic mass is 9.87. The molecule has 1 atom stereocenters. The summed E-state index contributed by atoms with van der Waals surface area (Å²) in [5.41, 5.74) is 10.1. The van der Waals surface area contributed by atoms with Crippen molar-refractivity contribution < 1.29 is 4.79 Å². The lowest BCUT2D eigenvalue weighted by molar-refractivity contribution is -0.123. The Morgan fingerprint density at radius 3 is 3.14 bits per heavy atom. The number of hydrogen-bond donors (Lipinski definition) is 2. The lowest BCUT2D eigenvalue weighted by Gasteiger charge is -2.22. The second-order valence-electron chi connectivity index (χ2n) is 5.59. The van der Waals surface area contributed by atoms with Gasteiger partial charge in [0.25, 0.3) is 0 Å². The summed E-state index contributed by atoms with van der Waals surface area (Å²) in [6.45, 7) is 2.54. The highest BCUT2D eigenvalue weighted by atomic mass is 32.1. The standard InChI is InChI=1S/C17H20N2OS/c1-11-12(4-2-6-15(11)18)10-19-17(20)14-5-3-7-16-13(14)8-9-21-16/h2,4,6,8-9,14H,3,5,7,10,18H2,1H3,(H,19,20). The maximum atomic E-state index is 12.5. The zero-order chi connectivity index (χ0) is 14.8. The number of nitrogen functional groups attached to an aromatic ring is 1. The SMILES string of the molecule is Cc1c(N)cccc1CNC(=O)C1CCCc2sccc21. The third-order valence-corrected chi connectivity index (χ3v) is 5.31. The molecular weight excluding hydrogens is 280 g/mol. The predicted molar refractivity (Wildman–Crippen MR) is 87.4 cm³/mol. The molecule has 0 saturated heterocycles. The minimum atomic E-state index is 0.0152. The Kier molecular flexibility index (Phi) is 3.97. The van der Waals surface area contributed by atoms with Crippen LogP contribution in [0.3, 0.4) is 0 Å². The van der Waals surface area contributed by atoms with E-state index in [0.29, 0.717) is 6.54 Å². The van der Waals surface area contributed by atoms with E-state index in [1.165, 1.54) is 10.4 Å². The molecule has 1 aromatic heterocycles. The van der Waals surface area contributed by atoms with Gasteiger partial charge < -0.3 is 11.1 Å². The van der Waals surface area contributed by atoms with E-state index < -0.39 is 0 Å². The first-order valence-corrected chi connectivity index (χ1v) is 8.22. The molecule has 21 heavy (non-hydrogen) atoms. The van der Waals surface area contributed by atoms with Crippen LogP contribution in [-0.4, -0.2) is 5.91 Å². The van der Waals surface area contributed by atoms with Crippen LogP contribution in [0.5, 0.6) is 0 Å². The molecule has 1 unspecified atom stereocenters. The molecule has 1 aromatic carbocycles. The van der Waals surface area contributed by atoms with Gasteiger partial charge in [0.1, 0.15) is 0 Å². The van der Waals surface area contributed by atoms with E-state index in [1.54, 1.807) is 11.3 Å². The Bertz CT molecular complexity index is 663. The van der Waals surface area contributed by atoms with Crippen LogP contribution in [0, 0.1) is 6.92 Å². The van der Waals surface area contributed by atoms with Crippen LogP contribution in [0.25, 0.3) is 0 Å². The average molecular weight is 300 g/mol. The highest BCUT2D eigenvalue weighted by Crippen LogP contribution is 2.35. The summed E-state index contributed by atoms with van der Waals surface area (Å²) in [5, 5.41) is 5.17. The van der Waals surface area contributed by atoms with Crippen molar-refractivity contribution in [1.29, 1.82) is 0 Å². The zero-order valence-electron chi connectivity index (χ0n) is 12.2. The molecule has 0 radical (unpaired) electrons. The number of aryl methyl sites for hydroxylation is 1. The summed E-state index contributed by atoms with van der Waals surface area (Å²) in [4.78, 5) is 13.9. The largest absolute Gasteiger partial charge is 0.399 e. The van der Waals surface area contributed by atoms with Crippen LogP contribution in [0.2, 0.25) is 0 Å². The zero-order valence-corrected chi connectivity index (χ0v) is 13.0. The van der Waals surface area contributed by atoms with Crippen molar-refractivity contribution in [2.75, 3.05) is 5.73 Å². The van der Waals surface area contributed by atoms with Crippen molar-refractivity contribution in [2.24, 2.45) is 0 Å². The minimum Gasteiger partial charge on any atom is -0.399 e. The molecule has 3 rings (SSSR count). The number of benzene rings is 1. The molecule has 0 bridgehead atoms. The van der Waals surface area contributed by atoms with Gasteiger partial charge in [0.15, 0.2) is 0 Å². The highest BCUT2D eigenvalue weighted by Gasteiger charge is 2.27. The summed E-state index contributed by atoms with van der Waals surface area (Å²) in [7, 11) is 0. The number of carbonyl (C=O) groups is 1. The van der Waals surface area contributed by atoms with Crippen LogP contribution in [0.4, 0.5) is 5.69 Å². The Morgan fingerprint density at radius 2 is 2.29 bits per heavy atom. The quantitative estimate of drug-likeness (QED) is 0.854. The molecule has 3 N–H and O–H groups in total. The van der Waals surface area contributed by atoms with Gasteiger partial charge in [-0.25, -0.2) is 0 Å². The van der Waals surface area contributed by atoms with Crippen molar-refractivity contribution in [3.63, 3.8) is 0 Å². The summed E-state index contributed by atoms with van der Waals surface area (Å²) < 4.78 is 0. The van der Waals surface area contributed by atoms with Gasteiger partial charge in [-0.05, 0) is 60.4 Å². The summed E-state index contributed by atoms with van der Waals surface area (Å²) >= 11 is 1.77. The Morgan fingerprint density at radius 1 is 1.43 bits per heavy atom. The third kappa shape index (κ3) is 2.81. The van der Waals surface area contributed by atoms with Crippen LogP contribution >= 0.6 is 11.3 Å². The van der Waals surface area contributed by atoms with Gasteiger partial charge in [-0.3, -0.25) is 4.79 Å². The molecule has 110 valence electrons. The average Bonchev–Trinajstić information content (AvgIpc) is 2.96. The number of nitrogens with two attached hydrogens (primary N) is 1. The van der Waals surface area contributed by atoms with Gasteiger partial charge in [-0.2, -0.15) is 0 Å². The van der Waals surface area contributed by atoms with Crippen LogP contribution in [0.15, 0.2) is 29.6 Å². The maximum absolute atomic E-state index is 12.5. The van der Waals surface area contributed by atoms with E-state index in [4.69, 9.17) is 5.73 Å². The number of carbonyl (C=O) groups excluding carboxylic acids is 1. The van der Waals surface area contributed by atoms with Gasteiger partial charge in [-0.15, -0.1) is 11.3 Å². The van der Waals surface area contributed by atoms with E-state index in [0.717, 1.165) is 36.1 Å². The molecule has 3 nitrogen and oxygen atoms in total. The lowest BCUT2D eigenvalue weighted by Crippen LogP contribution is -2.30. The van der Waals surface area contributed by atoms with Crippen molar-refractivity contribution >= 4 is 22.9 Å². The Balaban J connectivity index is 1.70. The fourth-order valence-corrected chi connectivity index (χ4v) is 3.95. The molecule has 0 aliphatic heterocycles. The molecule has 0 spiro atoms. The van der Waals surface area contributed by atoms with E-state index in [-0.39, 0.29) is 11.8 Å². The van der Waals surface area contributed by atoms with Crippen molar-refractivity contribution in [3.05, 3.63) is 51.2 Å².